The van der Waals surface area contributed by atoms with Gasteiger partial charge in [0.25, 0.3) is 0 Å². The summed E-state index contributed by atoms with van der Waals surface area (Å²) in [7, 11) is 0. The van der Waals surface area contributed by atoms with Crippen LogP contribution in [0.4, 0.5) is 4.39 Å². The average Bonchev–Trinajstić information content (AvgIpc) is 2.19. The Morgan fingerprint density at radius 1 is 1.40 bits per heavy atom. The molecule has 0 bridgehead atoms. The molecule has 84 valence electrons. The first-order chi connectivity index (χ1) is 7.00. The quantitative estimate of drug-likeness (QED) is 0.842. The van der Waals surface area contributed by atoms with E-state index >= 15 is 0 Å². The van der Waals surface area contributed by atoms with Crippen LogP contribution in [0.25, 0.3) is 0 Å². The van der Waals surface area contributed by atoms with Crippen LogP contribution in [0.3, 0.4) is 0 Å². The summed E-state index contributed by atoms with van der Waals surface area (Å²) in [6, 6.07) is 5.09. The zero-order valence-corrected chi connectivity index (χ0v) is 9.89. The largest absolute Gasteiger partial charge is 0.327 e. The SMILES string of the molecule is CC(C)C(N)CCc1ccc(Cl)c(F)c1. The topological polar surface area (TPSA) is 26.0 Å². The maximum absolute atomic E-state index is 13.1. The van der Waals surface area contributed by atoms with E-state index in [1.807, 2.05) is 6.07 Å². The lowest BCUT2D eigenvalue weighted by molar-refractivity contribution is 0.464. The van der Waals surface area contributed by atoms with E-state index in [4.69, 9.17) is 17.3 Å². The number of halogens is 2. The van der Waals surface area contributed by atoms with Crippen LogP contribution in [0, 0.1) is 11.7 Å². The molecule has 0 aliphatic heterocycles. The molecule has 1 nitrogen and oxygen atoms in total. The third-order valence-electron chi connectivity index (χ3n) is 2.61. The van der Waals surface area contributed by atoms with Crippen LogP contribution in [0.2, 0.25) is 5.02 Å². The van der Waals surface area contributed by atoms with Crippen molar-refractivity contribution in [3.63, 3.8) is 0 Å². The monoisotopic (exact) mass is 229 g/mol. The van der Waals surface area contributed by atoms with Crippen molar-refractivity contribution in [2.75, 3.05) is 0 Å². The molecule has 0 spiro atoms. The highest BCUT2D eigenvalue weighted by Gasteiger charge is 2.08. The second-order valence-electron chi connectivity index (χ2n) is 4.20. The highest BCUT2D eigenvalue weighted by Crippen LogP contribution is 2.17. The van der Waals surface area contributed by atoms with E-state index in [0.29, 0.717) is 5.92 Å². The number of nitrogens with two attached hydrogens (primary N) is 1. The minimum atomic E-state index is -0.354. The Kier molecular flexibility index (Phi) is 4.55. The number of rotatable bonds is 4. The minimum absolute atomic E-state index is 0.170. The fourth-order valence-corrected chi connectivity index (χ4v) is 1.48. The molecule has 0 aliphatic rings. The van der Waals surface area contributed by atoms with Crippen molar-refractivity contribution >= 4 is 11.6 Å². The van der Waals surface area contributed by atoms with Gasteiger partial charge in [0.2, 0.25) is 0 Å². The van der Waals surface area contributed by atoms with Gasteiger partial charge in [-0.05, 0) is 36.5 Å². The first-order valence-electron chi connectivity index (χ1n) is 5.20. The molecule has 0 saturated heterocycles. The number of benzene rings is 1. The van der Waals surface area contributed by atoms with Crippen molar-refractivity contribution in [1.29, 1.82) is 0 Å². The molecule has 1 unspecified atom stereocenters. The van der Waals surface area contributed by atoms with E-state index in [9.17, 15) is 4.39 Å². The predicted molar refractivity (Wildman–Crippen MR) is 62.5 cm³/mol. The Morgan fingerprint density at radius 2 is 2.07 bits per heavy atom. The van der Waals surface area contributed by atoms with Gasteiger partial charge in [-0.25, -0.2) is 4.39 Å². The van der Waals surface area contributed by atoms with Gasteiger partial charge in [-0.15, -0.1) is 0 Å². The number of hydrogen-bond acceptors (Lipinski definition) is 1. The van der Waals surface area contributed by atoms with Gasteiger partial charge in [0, 0.05) is 6.04 Å². The Hall–Kier alpha value is -0.600. The molecule has 2 N–H and O–H groups in total. The zero-order valence-electron chi connectivity index (χ0n) is 9.13. The molecule has 1 aromatic carbocycles. The predicted octanol–water partition coefficient (Wildman–Crippen LogP) is 3.40. The maximum atomic E-state index is 13.1. The molecule has 0 radical (unpaired) electrons. The molecule has 0 saturated carbocycles. The van der Waals surface area contributed by atoms with Crippen molar-refractivity contribution in [2.24, 2.45) is 11.7 Å². The van der Waals surface area contributed by atoms with Crippen LogP contribution in [0.15, 0.2) is 18.2 Å². The summed E-state index contributed by atoms with van der Waals surface area (Å²) in [5, 5.41) is 0.173. The second-order valence-corrected chi connectivity index (χ2v) is 4.60. The van der Waals surface area contributed by atoms with Crippen LogP contribution >= 0.6 is 11.6 Å². The maximum Gasteiger partial charge on any atom is 0.142 e. The summed E-state index contributed by atoms with van der Waals surface area (Å²) < 4.78 is 13.1. The molecule has 0 amide bonds. The van der Waals surface area contributed by atoms with Crippen molar-refractivity contribution in [3.8, 4) is 0 Å². The van der Waals surface area contributed by atoms with Crippen molar-refractivity contribution in [2.45, 2.75) is 32.7 Å². The van der Waals surface area contributed by atoms with Gasteiger partial charge in [-0.1, -0.05) is 31.5 Å². The normalized spacial score (nSPS) is 13.2. The highest BCUT2D eigenvalue weighted by atomic mass is 35.5. The summed E-state index contributed by atoms with van der Waals surface area (Å²) in [5.74, 6) is 0.106. The summed E-state index contributed by atoms with van der Waals surface area (Å²) in [6.45, 7) is 4.18. The van der Waals surface area contributed by atoms with Gasteiger partial charge in [0.05, 0.1) is 5.02 Å². The lowest BCUT2D eigenvalue weighted by atomic mass is 9.98. The van der Waals surface area contributed by atoms with Crippen LogP contribution in [-0.2, 0) is 6.42 Å². The van der Waals surface area contributed by atoms with Gasteiger partial charge in [0.15, 0.2) is 0 Å². The van der Waals surface area contributed by atoms with E-state index < -0.39 is 0 Å². The van der Waals surface area contributed by atoms with Crippen LogP contribution in [0.5, 0.6) is 0 Å². The summed E-state index contributed by atoms with van der Waals surface area (Å²) >= 11 is 5.59. The fraction of sp³-hybridized carbons (Fsp3) is 0.500. The molecule has 0 heterocycles. The Labute approximate surface area is 95.4 Å². The third kappa shape index (κ3) is 3.80. The molecule has 15 heavy (non-hydrogen) atoms. The van der Waals surface area contributed by atoms with Gasteiger partial charge < -0.3 is 5.73 Å². The van der Waals surface area contributed by atoms with E-state index in [2.05, 4.69) is 13.8 Å². The molecular weight excluding hydrogens is 213 g/mol. The van der Waals surface area contributed by atoms with E-state index in [1.54, 1.807) is 6.07 Å². The van der Waals surface area contributed by atoms with E-state index in [0.717, 1.165) is 18.4 Å². The van der Waals surface area contributed by atoms with Crippen molar-refractivity contribution in [1.82, 2.24) is 0 Å². The van der Waals surface area contributed by atoms with Gasteiger partial charge in [-0.3, -0.25) is 0 Å². The molecule has 0 aliphatic carbocycles. The Bertz CT molecular complexity index is 325. The lowest BCUT2D eigenvalue weighted by Gasteiger charge is -2.15. The van der Waals surface area contributed by atoms with Gasteiger partial charge in [0.1, 0.15) is 5.82 Å². The number of hydrogen-bond donors (Lipinski definition) is 1. The zero-order chi connectivity index (χ0) is 11.4. The van der Waals surface area contributed by atoms with Crippen molar-refractivity contribution in [3.05, 3.63) is 34.6 Å². The Morgan fingerprint density at radius 3 is 2.60 bits per heavy atom. The molecule has 3 heteroatoms. The van der Waals surface area contributed by atoms with Crippen molar-refractivity contribution < 1.29 is 4.39 Å². The third-order valence-corrected chi connectivity index (χ3v) is 2.91. The second kappa shape index (κ2) is 5.47. The molecule has 1 atom stereocenters. The van der Waals surface area contributed by atoms with Crippen LogP contribution in [-0.4, -0.2) is 6.04 Å². The van der Waals surface area contributed by atoms with Gasteiger partial charge >= 0.3 is 0 Å². The lowest BCUT2D eigenvalue weighted by Crippen LogP contribution is -2.26. The smallest absolute Gasteiger partial charge is 0.142 e. The number of aryl methyl sites for hydroxylation is 1. The molecule has 0 aromatic heterocycles. The van der Waals surface area contributed by atoms with Crippen LogP contribution in [0.1, 0.15) is 25.8 Å². The van der Waals surface area contributed by atoms with Crippen LogP contribution < -0.4 is 5.73 Å². The molecule has 1 rings (SSSR count). The van der Waals surface area contributed by atoms with Gasteiger partial charge in [-0.2, -0.15) is 0 Å². The fourth-order valence-electron chi connectivity index (χ4n) is 1.36. The Balaban J connectivity index is 2.55. The summed E-state index contributed by atoms with van der Waals surface area (Å²) in [5.41, 5.74) is 6.86. The average molecular weight is 230 g/mol. The standard InChI is InChI=1S/C12H17ClFN/c1-8(2)12(15)6-4-9-3-5-10(13)11(14)7-9/h3,5,7-8,12H,4,6,15H2,1-2H3. The van der Waals surface area contributed by atoms with E-state index in [1.165, 1.54) is 6.07 Å². The molecule has 0 fully saturated rings. The minimum Gasteiger partial charge on any atom is -0.327 e. The first kappa shape index (κ1) is 12.5. The molecular formula is C12H17ClFN. The summed E-state index contributed by atoms with van der Waals surface area (Å²) in [4.78, 5) is 0. The van der Waals surface area contributed by atoms with E-state index in [-0.39, 0.29) is 16.9 Å². The molecule has 1 aromatic rings. The highest BCUT2D eigenvalue weighted by molar-refractivity contribution is 6.30. The first-order valence-corrected chi connectivity index (χ1v) is 5.58. The summed E-state index contributed by atoms with van der Waals surface area (Å²) in [6.07, 6.45) is 1.67.